The molecule has 11 aromatic rings. The molecule has 0 fully saturated rings. The Bertz CT molecular complexity index is 3950. The maximum Gasteiger partial charge on any atom is 0.119 e. The lowest BCUT2D eigenvalue weighted by Gasteiger charge is -2.26. The minimum absolute atomic E-state index is 0.793. The fourth-order valence-electron chi connectivity index (χ4n) is 10.3. The molecule has 1 heterocycles. The molecule has 434 valence electrons. The zero-order valence-corrected chi connectivity index (χ0v) is 51.2. The highest BCUT2D eigenvalue weighted by Gasteiger charge is 2.19. The molecule has 0 aliphatic rings. The van der Waals surface area contributed by atoms with Gasteiger partial charge in [-0.25, -0.2) is 0 Å². The van der Waals surface area contributed by atoms with Crippen LogP contribution in [0, 0.1) is 0 Å². The van der Waals surface area contributed by atoms with E-state index in [-0.39, 0.29) is 0 Å². The van der Waals surface area contributed by atoms with Crippen LogP contribution in [-0.2, 0) is 0 Å². The van der Waals surface area contributed by atoms with E-state index < -0.39 is 0 Å². The number of benzene rings is 10. The van der Waals surface area contributed by atoms with Crippen LogP contribution in [0.5, 0.6) is 34.5 Å². The molecule has 0 bridgehead atoms. The topological polar surface area (TPSA) is 68.3 Å². The lowest BCUT2D eigenvalue weighted by atomic mass is 10.0. The molecule has 0 unspecified atom stereocenters. The van der Waals surface area contributed by atoms with Crippen LogP contribution in [0.1, 0.15) is 4.88 Å². The lowest BCUT2D eigenvalue weighted by Crippen LogP contribution is -2.09. The van der Waals surface area contributed by atoms with Gasteiger partial charge in [0.2, 0.25) is 0 Å². The highest BCUT2D eigenvalue weighted by atomic mass is 32.2. The van der Waals surface area contributed by atoms with E-state index in [1.54, 1.807) is 65.8 Å². The molecule has 0 amide bonds. The molecule has 0 spiro atoms. The van der Waals surface area contributed by atoms with Gasteiger partial charge < -0.3 is 48.0 Å². The average molecular weight is 1180 g/mol. The standard InChI is InChI=1S/C75H66N4O6S2/c1-80-67-38-26-58(27-39-67)76(57-18-10-53(11-19-57)54-12-20-59(21-13-54)77(61-28-40-68(81-2)41-29-61)62-30-42-69(82-3)43-31-62)52-8-9-73(86-7)74-50-51-75(87-74)79(66-36-48-72(85-6)49-37-66)65-24-16-56(17-25-65)55-14-22-60(23-15-55)78(63-32-44-70(83-4)45-33-63)64-34-46-71(84-5)47-35-64/h8-52H,1-7H3/b52-8+,73-9-. The summed E-state index contributed by atoms with van der Waals surface area (Å²) in [6, 6.07) is 88.0. The van der Waals surface area contributed by atoms with Gasteiger partial charge in [-0.2, -0.15) is 0 Å². The SMILES string of the molecule is COc1ccc(N(/C=C/C=C(\SC)c2ccc(N(c3ccc(OC)cc3)c3ccc(-c4ccc(N(c5ccc(OC)cc5)c5ccc(OC)cc5)cc4)cc3)s2)c2ccc(-c3ccc(N(c4ccc(OC)cc4)c4ccc(OC)cc4)cc3)cc2)cc1. The fraction of sp³-hybridized carbons (Fsp3) is 0.0933. The lowest BCUT2D eigenvalue weighted by molar-refractivity contribution is 0.414. The number of allylic oxidation sites excluding steroid dienone is 2. The van der Waals surface area contributed by atoms with Crippen molar-refractivity contribution in [1.82, 2.24) is 0 Å². The van der Waals surface area contributed by atoms with Gasteiger partial charge in [0.1, 0.15) is 39.5 Å². The second kappa shape index (κ2) is 27.6. The summed E-state index contributed by atoms with van der Waals surface area (Å²) in [5, 5.41) is 1.08. The molecule has 0 atom stereocenters. The van der Waals surface area contributed by atoms with Gasteiger partial charge in [-0.1, -0.05) is 48.5 Å². The van der Waals surface area contributed by atoms with Crippen molar-refractivity contribution in [3.05, 3.63) is 278 Å². The van der Waals surface area contributed by atoms with Gasteiger partial charge in [-0.05, 0) is 247 Å². The molecule has 0 aliphatic carbocycles. The van der Waals surface area contributed by atoms with Gasteiger partial charge in [0.05, 0.1) is 42.7 Å². The molecule has 0 saturated carbocycles. The minimum Gasteiger partial charge on any atom is -0.497 e. The molecule has 10 aromatic carbocycles. The second-order valence-electron chi connectivity index (χ2n) is 20.0. The maximum absolute atomic E-state index is 5.59. The number of rotatable bonds is 23. The third-order valence-electron chi connectivity index (χ3n) is 15.0. The largest absolute Gasteiger partial charge is 0.497 e. The van der Waals surface area contributed by atoms with E-state index in [0.717, 1.165) is 128 Å². The number of anilines is 11. The van der Waals surface area contributed by atoms with Crippen molar-refractivity contribution in [2.24, 2.45) is 0 Å². The van der Waals surface area contributed by atoms with Crippen molar-refractivity contribution in [2.45, 2.75) is 0 Å². The Morgan fingerprint density at radius 2 is 0.540 bits per heavy atom. The van der Waals surface area contributed by atoms with Crippen molar-refractivity contribution in [3.63, 3.8) is 0 Å². The van der Waals surface area contributed by atoms with Crippen molar-refractivity contribution < 1.29 is 28.4 Å². The third-order valence-corrected chi connectivity index (χ3v) is 17.0. The number of nitrogens with zero attached hydrogens (tertiary/aromatic N) is 4. The average Bonchev–Trinajstić information content (AvgIpc) is 3.36. The Kier molecular flexibility index (Phi) is 18.6. The van der Waals surface area contributed by atoms with Crippen molar-refractivity contribution in [1.29, 1.82) is 0 Å². The molecule has 1 aromatic heterocycles. The van der Waals surface area contributed by atoms with Gasteiger partial charge in [0.15, 0.2) is 0 Å². The van der Waals surface area contributed by atoms with Crippen molar-refractivity contribution in [3.8, 4) is 56.8 Å². The Labute approximate surface area is 518 Å². The van der Waals surface area contributed by atoms with Crippen LogP contribution in [0.2, 0.25) is 0 Å². The van der Waals surface area contributed by atoms with Crippen LogP contribution < -0.4 is 48.0 Å². The molecule has 87 heavy (non-hydrogen) atoms. The first-order valence-electron chi connectivity index (χ1n) is 28.2. The monoisotopic (exact) mass is 1180 g/mol. The Morgan fingerprint density at radius 3 is 0.805 bits per heavy atom. The van der Waals surface area contributed by atoms with Crippen LogP contribution in [0.25, 0.3) is 27.2 Å². The van der Waals surface area contributed by atoms with E-state index in [4.69, 9.17) is 28.4 Å². The van der Waals surface area contributed by atoms with E-state index in [1.807, 2.05) is 72.8 Å². The van der Waals surface area contributed by atoms with Crippen LogP contribution in [-0.4, -0.2) is 48.9 Å². The Morgan fingerprint density at radius 1 is 0.299 bits per heavy atom. The summed E-state index contributed by atoms with van der Waals surface area (Å²) in [6.07, 6.45) is 8.57. The number of hydrogen-bond acceptors (Lipinski definition) is 12. The fourth-order valence-corrected chi connectivity index (χ4v) is 12.1. The minimum atomic E-state index is 0.793. The zero-order chi connectivity index (χ0) is 60.1. The van der Waals surface area contributed by atoms with E-state index in [9.17, 15) is 0 Å². The van der Waals surface area contributed by atoms with Gasteiger partial charge in [0.25, 0.3) is 0 Å². The van der Waals surface area contributed by atoms with Crippen LogP contribution in [0.3, 0.4) is 0 Å². The van der Waals surface area contributed by atoms with Crippen LogP contribution in [0.4, 0.5) is 61.9 Å². The normalized spacial score (nSPS) is 11.2. The molecule has 11 rings (SSSR count). The summed E-state index contributed by atoms with van der Waals surface area (Å²) < 4.78 is 33.1. The first-order chi connectivity index (χ1) is 42.8. The molecule has 0 aliphatic heterocycles. The Balaban J connectivity index is 0.841. The van der Waals surface area contributed by atoms with Crippen LogP contribution >= 0.6 is 23.1 Å². The van der Waals surface area contributed by atoms with Crippen molar-refractivity contribution >= 4 is 89.9 Å². The summed E-state index contributed by atoms with van der Waals surface area (Å²) in [4.78, 5) is 11.2. The molecule has 10 nitrogen and oxygen atoms in total. The van der Waals surface area contributed by atoms with E-state index in [2.05, 4.69) is 226 Å². The highest BCUT2D eigenvalue weighted by molar-refractivity contribution is 8.07. The predicted molar refractivity (Wildman–Crippen MR) is 364 cm³/mol. The van der Waals surface area contributed by atoms with E-state index >= 15 is 0 Å². The number of thioether (sulfide) groups is 1. The molecule has 0 saturated heterocycles. The molecular weight excluding hydrogens is 1120 g/mol. The summed E-state index contributed by atoms with van der Waals surface area (Å²) in [7, 11) is 10.1. The van der Waals surface area contributed by atoms with Crippen LogP contribution in [0.15, 0.2) is 273 Å². The first kappa shape index (κ1) is 58.5. The highest BCUT2D eigenvalue weighted by Crippen LogP contribution is 2.45. The number of ether oxygens (including phenoxy) is 6. The number of thiophene rings is 1. The summed E-state index contributed by atoms with van der Waals surface area (Å²) in [6.45, 7) is 0. The van der Waals surface area contributed by atoms with E-state index in [1.165, 1.54) is 0 Å². The first-order valence-corrected chi connectivity index (χ1v) is 30.3. The molecule has 0 radical (unpaired) electrons. The quantitative estimate of drug-likeness (QED) is 0.0575. The van der Waals surface area contributed by atoms with Gasteiger partial charge >= 0.3 is 0 Å². The van der Waals surface area contributed by atoms with Gasteiger partial charge in [0, 0.05) is 72.9 Å². The van der Waals surface area contributed by atoms with Gasteiger partial charge in [-0.3, -0.25) is 0 Å². The summed E-state index contributed by atoms with van der Waals surface area (Å²) in [5.41, 5.74) is 14.6. The number of methoxy groups -OCH3 is 6. The smallest absolute Gasteiger partial charge is 0.119 e. The summed E-state index contributed by atoms with van der Waals surface area (Å²) >= 11 is 3.47. The maximum atomic E-state index is 5.59. The van der Waals surface area contributed by atoms with Crippen molar-refractivity contribution in [2.75, 3.05) is 68.5 Å². The van der Waals surface area contributed by atoms with E-state index in [0.29, 0.717) is 0 Å². The zero-order valence-electron chi connectivity index (χ0n) is 49.5. The second-order valence-corrected chi connectivity index (χ2v) is 21.9. The Hall–Kier alpha value is -10.3. The number of hydrogen-bond donors (Lipinski definition) is 0. The molecular formula is C75H66N4O6S2. The summed E-state index contributed by atoms with van der Waals surface area (Å²) in [5.74, 6) is 4.80. The van der Waals surface area contributed by atoms with Gasteiger partial charge in [-0.15, -0.1) is 23.1 Å². The third kappa shape index (κ3) is 13.5. The predicted octanol–water partition coefficient (Wildman–Crippen LogP) is 20.6. The molecule has 12 heteroatoms. The molecule has 0 N–H and O–H groups in total.